The van der Waals surface area contributed by atoms with Crippen molar-refractivity contribution in [3.05, 3.63) is 39.2 Å². The van der Waals surface area contributed by atoms with Crippen molar-refractivity contribution in [3.8, 4) is 6.07 Å². The van der Waals surface area contributed by atoms with E-state index in [2.05, 4.69) is 16.0 Å². The van der Waals surface area contributed by atoms with E-state index in [-0.39, 0.29) is 6.61 Å². The Labute approximate surface area is 156 Å². The van der Waals surface area contributed by atoms with Crippen LogP contribution in [0.3, 0.4) is 0 Å². The minimum Gasteiger partial charge on any atom is -0.452 e. The summed E-state index contributed by atoms with van der Waals surface area (Å²) in [5.41, 5.74) is 2.79. The molecule has 2 heterocycles. The second kappa shape index (κ2) is 7.75. The van der Waals surface area contributed by atoms with Crippen LogP contribution >= 0.6 is 11.3 Å². The highest BCUT2D eigenvalue weighted by Crippen LogP contribution is 2.37. The van der Waals surface area contributed by atoms with Crippen LogP contribution in [0.2, 0.25) is 0 Å². The standard InChI is InChI=1S/C19H21N3O3S/c1-12-13(2)22(15-5-3-4-6-15)18(16(12)9-20)21-17(23)10-25-19(24)14-7-8-26-11-14/h7-8,11,15H,3-6,10H2,1-2H3,(H,21,23). The van der Waals surface area contributed by atoms with Gasteiger partial charge in [0.25, 0.3) is 5.91 Å². The maximum absolute atomic E-state index is 12.3. The highest BCUT2D eigenvalue weighted by Gasteiger charge is 2.26. The number of hydrogen-bond acceptors (Lipinski definition) is 5. The van der Waals surface area contributed by atoms with Gasteiger partial charge in [0.15, 0.2) is 6.61 Å². The first-order valence-corrected chi connectivity index (χ1v) is 9.58. The van der Waals surface area contributed by atoms with E-state index in [0.29, 0.717) is 23.0 Å². The highest BCUT2D eigenvalue weighted by atomic mass is 32.1. The van der Waals surface area contributed by atoms with Gasteiger partial charge in [0.1, 0.15) is 11.9 Å². The summed E-state index contributed by atoms with van der Waals surface area (Å²) in [7, 11) is 0. The number of amides is 1. The Bertz CT molecular complexity index is 856. The Morgan fingerprint density at radius 2 is 2.12 bits per heavy atom. The van der Waals surface area contributed by atoms with E-state index in [9.17, 15) is 14.9 Å². The lowest BCUT2D eigenvalue weighted by Crippen LogP contribution is -2.23. The molecule has 6 nitrogen and oxygen atoms in total. The molecule has 0 atom stereocenters. The van der Waals surface area contributed by atoms with E-state index < -0.39 is 11.9 Å². The Hall–Kier alpha value is -2.59. The second-order valence-electron chi connectivity index (χ2n) is 6.49. The summed E-state index contributed by atoms with van der Waals surface area (Å²) in [4.78, 5) is 24.2. The molecule has 26 heavy (non-hydrogen) atoms. The SMILES string of the molecule is Cc1c(C#N)c(NC(=O)COC(=O)c2ccsc2)n(C2CCCC2)c1C. The minimum atomic E-state index is -0.527. The lowest BCUT2D eigenvalue weighted by atomic mass is 10.2. The minimum absolute atomic E-state index is 0.291. The van der Waals surface area contributed by atoms with Crippen LogP contribution < -0.4 is 5.32 Å². The quantitative estimate of drug-likeness (QED) is 0.807. The number of nitrogens with zero attached hydrogens (tertiary/aromatic N) is 2. The molecule has 2 aromatic heterocycles. The van der Waals surface area contributed by atoms with Gasteiger partial charge < -0.3 is 14.6 Å². The van der Waals surface area contributed by atoms with Crippen molar-refractivity contribution >= 4 is 29.0 Å². The molecule has 1 aliphatic rings. The number of ether oxygens (including phenoxy) is 1. The summed E-state index contributed by atoms with van der Waals surface area (Å²) >= 11 is 1.39. The third kappa shape index (κ3) is 3.51. The number of nitrogens with one attached hydrogen (secondary N) is 1. The third-order valence-corrected chi connectivity index (χ3v) is 5.59. The summed E-state index contributed by atoms with van der Waals surface area (Å²) in [6.45, 7) is 3.49. The zero-order chi connectivity index (χ0) is 18.7. The molecule has 0 spiro atoms. The third-order valence-electron chi connectivity index (χ3n) is 4.91. The molecular formula is C19H21N3O3S. The van der Waals surface area contributed by atoms with Gasteiger partial charge in [-0.05, 0) is 43.7 Å². The highest BCUT2D eigenvalue weighted by molar-refractivity contribution is 7.08. The molecule has 136 valence electrons. The van der Waals surface area contributed by atoms with E-state index >= 15 is 0 Å². The van der Waals surface area contributed by atoms with Gasteiger partial charge in [-0.1, -0.05) is 12.8 Å². The molecule has 7 heteroatoms. The summed E-state index contributed by atoms with van der Waals surface area (Å²) in [5.74, 6) is -0.451. The number of aromatic nitrogens is 1. The van der Waals surface area contributed by atoms with E-state index in [1.54, 1.807) is 16.8 Å². The number of thiophene rings is 1. The average Bonchev–Trinajstić information content (AvgIpc) is 3.36. The fourth-order valence-corrected chi connectivity index (χ4v) is 4.09. The average molecular weight is 371 g/mol. The van der Waals surface area contributed by atoms with Crippen LogP contribution in [0.25, 0.3) is 0 Å². The lowest BCUT2D eigenvalue weighted by Gasteiger charge is -2.19. The maximum atomic E-state index is 12.3. The summed E-state index contributed by atoms with van der Waals surface area (Å²) in [6, 6.07) is 4.14. The fraction of sp³-hybridized carbons (Fsp3) is 0.421. The summed E-state index contributed by atoms with van der Waals surface area (Å²) in [6.07, 6.45) is 4.37. The van der Waals surface area contributed by atoms with Crippen LogP contribution in [0, 0.1) is 25.2 Å². The zero-order valence-corrected chi connectivity index (χ0v) is 15.7. The van der Waals surface area contributed by atoms with Crippen LogP contribution in [0.4, 0.5) is 5.82 Å². The lowest BCUT2D eigenvalue weighted by molar-refractivity contribution is -0.119. The first-order chi connectivity index (χ1) is 12.5. The molecule has 1 saturated carbocycles. The van der Waals surface area contributed by atoms with E-state index in [4.69, 9.17) is 4.74 Å². The van der Waals surface area contributed by atoms with Crippen LogP contribution in [0.5, 0.6) is 0 Å². The Kier molecular flexibility index (Phi) is 5.43. The number of nitriles is 1. The molecule has 0 aromatic carbocycles. The number of hydrogen-bond donors (Lipinski definition) is 1. The largest absolute Gasteiger partial charge is 0.452 e. The van der Waals surface area contributed by atoms with Gasteiger partial charge in [-0.3, -0.25) is 4.79 Å². The van der Waals surface area contributed by atoms with Crippen LogP contribution in [-0.4, -0.2) is 23.1 Å². The molecule has 1 aliphatic carbocycles. The van der Waals surface area contributed by atoms with Crippen molar-refractivity contribution in [2.45, 2.75) is 45.6 Å². The topological polar surface area (TPSA) is 84.1 Å². The van der Waals surface area contributed by atoms with Gasteiger partial charge in [-0.2, -0.15) is 16.6 Å². The number of carbonyl (C=O) groups excluding carboxylic acids is 2. The van der Waals surface area contributed by atoms with E-state index in [1.165, 1.54) is 11.3 Å². The molecule has 3 rings (SSSR count). The fourth-order valence-electron chi connectivity index (χ4n) is 3.47. The Morgan fingerprint density at radius 3 is 2.73 bits per heavy atom. The van der Waals surface area contributed by atoms with Crippen LogP contribution in [-0.2, 0) is 9.53 Å². The maximum Gasteiger partial charge on any atom is 0.339 e. The number of carbonyl (C=O) groups is 2. The van der Waals surface area contributed by atoms with Crippen LogP contribution in [0.1, 0.15) is 58.9 Å². The summed E-state index contributed by atoms with van der Waals surface area (Å²) < 4.78 is 7.13. The molecular weight excluding hydrogens is 350 g/mol. The van der Waals surface area contributed by atoms with Gasteiger partial charge in [-0.25, -0.2) is 4.79 Å². The normalized spacial score (nSPS) is 14.2. The Morgan fingerprint density at radius 1 is 1.38 bits per heavy atom. The van der Waals surface area contributed by atoms with E-state index in [0.717, 1.165) is 36.9 Å². The van der Waals surface area contributed by atoms with Gasteiger partial charge in [0.2, 0.25) is 0 Å². The molecule has 0 saturated heterocycles. The molecule has 0 bridgehead atoms. The predicted octanol–water partition coefficient (Wildman–Crippen LogP) is 3.95. The van der Waals surface area contributed by atoms with Crippen molar-refractivity contribution < 1.29 is 14.3 Å². The first kappa shape index (κ1) is 18.2. The Balaban J connectivity index is 1.76. The van der Waals surface area contributed by atoms with Crippen molar-refractivity contribution in [3.63, 3.8) is 0 Å². The van der Waals surface area contributed by atoms with Gasteiger partial charge in [0.05, 0.1) is 11.1 Å². The molecule has 1 fully saturated rings. The van der Waals surface area contributed by atoms with Crippen LogP contribution in [0.15, 0.2) is 16.8 Å². The van der Waals surface area contributed by atoms with Crippen molar-refractivity contribution in [2.75, 3.05) is 11.9 Å². The number of rotatable bonds is 5. The number of anilines is 1. The smallest absolute Gasteiger partial charge is 0.339 e. The number of esters is 1. The van der Waals surface area contributed by atoms with E-state index in [1.807, 2.05) is 13.8 Å². The van der Waals surface area contributed by atoms with Crippen molar-refractivity contribution in [2.24, 2.45) is 0 Å². The molecule has 0 radical (unpaired) electrons. The zero-order valence-electron chi connectivity index (χ0n) is 14.9. The van der Waals surface area contributed by atoms with Gasteiger partial charge in [0, 0.05) is 17.1 Å². The second-order valence-corrected chi connectivity index (χ2v) is 7.27. The van der Waals surface area contributed by atoms with Crippen molar-refractivity contribution in [1.29, 1.82) is 5.26 Å². The van der Waals surface area contributed by atoms with Crippen molar-refractivity contribution in [1.82, 2.24) is 4.57 Å². The first-order valence-electron chi connectivity index (χ1n) is 8.63. The van der Waals surface area contributed by atoms with Gasteiger partial charge >= 0.3 is 5.97 Å². The van der Waals surface area contributed by atoms with Gasteiger partial charge in [-0.15, -0.1) is 0 Å². The molecule has 1 amide bonds. The molecule has 2 aromatic rings. The molecule has 0 unspecified atom stereocenters. The monoisotopic (exact) mass is 371 g/mol. The molecule has 0 aliphatic heterocycles. The predicted molar refractivity (Wildman–Crippen MR) is 99.4 cm³/mol. The molecule has 1 N–H and O–H groups in total. The summed E-state index contributed by atoms with van der Waals surface area (Å²) in [5, 5.41) is 15.8.